The highest BCUT2D eigenvalue weighted by Crippen LogP contribution is 2.28. The standard InChI is InChI=1S/C17H22N4O2S2/c1-13-14(19-25-18-13)11-24-12-17(22)21-9-7-20(8-10-21)15-5-3-4-6-16(15)23-2/h3-6H,7-12H2,1-2H3. The SMILES string of the molecule is COc1ccccc1N1CCN(C(=O)CSCc2nsnc2C)CC1. The first-order valence-corrected chi connectivity index (χ1v) is 10.1. The third-order valence-corrected chi connectivity index (χ3v) is 5.86. The van der Waals surface area contributed by atoms with Gasteiger partial charge in [0.2, 0.25) is 5.91 Å². The molecule has 1 fully saturated rings. The molecule has 0 bridgehead atoms. The second-order valence-electron chi connectivity index (χ2n) is 5.83. The number of hydrogen-bond acceptors (Lipinski definition) is 7. The van der Waals surface area contributed by atoms with Gasteiger partial charge in [-0.05, 0) is 19.1 Å². The van der Waals surface area contributed by atoms with E-state index in [1.807, 2.05) is 30.0 Å². The maximum absolute atomic E-state index is 12.4. The highest BCUT2D eigenvalue weighted by molar-refractivity contribution is 7.99. The summed E-state index contributed by atoms with van der Waals surface area (Å²) < 4.78 is 13.8. The van der Waals surface area contributed by atoms with Gasteiger partial charge in [-0.1, -0.05) is 12.1 Å². The van der Waals surface area contributed by atoms with E-state index in [0.29, 0.717) is 5.75 Å². The number of para-hydroxylation sites is 2. The molecule has 134 valence electrons. The molecular weight excluding hydrogens is 356 g/mol. The normalized spacial score (nSPS) is 14.6. The van der Waals surface area contributed by atoms with Gasteiger partial charge >= 0.3 is 0 Å². The third kappa shape index (κ3) is 4.43. The van der Waals surface area contributed by atoms with Gasteiger partial charge in [0.1, 0.15) is 5.75 Å². The Bertz CT molecular complexity index is 714. The number of piperazine rings is 1. The molecule has 0 spiro atoms. The number of nitrogens with zero attached hydrogens (tertiary/aromatic N) is 4. The van der Waals surface area contributed by atoms with Crippen LogP contribution in [-0.2, 0) is 10.5 Å². The molecule has 1 aromatic carbocycles. The predicted octanol–water partition coefficient (Wildman–Crippen LogP) is 2.44. The maximum Gasteiger partial charge on any atom is 0.232 e. The lowest BCUT2D eigenvalue weighted by Gasteiger charge is -2.36. The first kappa shape index (κ1) is 18.0. The fourth-order valence-corrected chi connectivity index (χ4v) is 4.37. The Morgan fingerprint density at radius 3 is 2.68 bits per heavy atom. The number of benzene rings is 1. The van der Waals surface area contributed by atoms with Crippen molar-refractivity contribution in [3.05, 3.63) is 35.7 Å². The van der Waals surface area contributed by atoms with Crippen molar-refractivity contribution >= 4 is 35.1 Å². The molecule has 0 atom stereocenters. The van der Waals surface area contributed by atoms with Gasteiger partial charge in [0.15, 0.2) is 0 Å². The van der Waals surface area contributed by atoms with Crippen LogP contribution in [0.1, 0.15) is 11.4 Å². The first-order valence-electron chi connectivity index (χ1n) is 8.20. The van der Waals surface area contributed by atoms with Crippen molar-refractivity contribution in [2.45, 2.75) is 12.7 Å². The molecule has 3 rings (SSSR count). The van der Waals surface area contributed by atoms with Gasteiger partial charge < -0.3 is 14.5 Å². The van der Waals surface area contributed by atoms with E-state index in [9.17, 15) is 4.79 Å². The maximum atomic E-state index is 12.4. The van der Waals surface area contributed by atoms with Crippen LogP contribution in [0.15, 0.2) is 24.3 Å². The highest BCUT2D eigenvalue weighted by atomic mass is 32.2. The molecule has 0 aliphatic carbocycles. The van der Waals surface area contributed by atoms with E-state index in [1.54, 1.807) is 18.9 Å². The van der Waals surface area contributed by atoms with Crippen molar-refractivity contribution < 1.29 is 9.53 Å². The van der Waals surface area contributed by atoms with Crippen LogP contribution in [0.4, 0.5) is 5.69 Å². The highest BCUT2D eigenvalue weighted by Gasteiger charge is 2.22. The molecule has 0 N–H and O–H groups in total. The molecule has 1 amide bonds. The van der Waals surface area contributed by atoms with E-state index in [0.717, 1.165) is 54.8 Å². The number of thioether (sulfide) groups is 1. The second-order valence-corrected chi connectivity index (χ2v) is 7.34. The van der Waals surface area contributed by atoms with Crippen molar-refractivity contribution in [1.29, 1.82) is 0 Å². The van der Waals surface area contributed by atoms with Gasteiger partial charge in [-0.2, -0.15) is 8.75 Å². The predicted molar refractivity (Wildman–Crippen MR) is 103 cm³/mol. The molecular formula is C17H22N4O2S2. The summed E-state index contributed by atoms with van der Waals surface area (Å²) in [6, 6.07) is 8.02. The lowest BCUT2D eigenvalue weighted by Crippen LogP contribution is -2.49. The molecule has 0 unspecified atom stereocenters. The average Bonchev–Trinajstić information content (AvgIpc) is 3.06. The van der Waals surface area contributed by atoms with Crippen LogP contribution in [0.3, 0.4) is 0 Å². The quantitative estimate of drug-likeness (QED) is 0.770. The summed E-state index contributed by atoms with van der Waals surface area (Å²) in [5, 5.41) is 0. The largest absolute Gasteiger partial charge is 0.495 e. The molecule has 6 nitrogen and oxygen atoms in total. The van der Waals surface area contributed by atoms with Gasteiger partial charge in [-0.25, -0.2) is 0 Å². The van der Waals surface area contributed by atoms with Crippen molar-refractivity contribution in [3.63, 3.8) is 0 Å². The summed E-state index contributed by atoms with van der Waals surface area (Å²) in [5.74, 6) is 2.32. The second kappa shape index (κ2) is 8.53. The summed E-state index contributed by atoms with van der Waals surface area (Å²) in [4.78, 5) is 16.6. The summed E-state index contributed by atoms with van der Waals surface area (Å²) in [5.41, 5.74) is 3.05. The topological polar surface area (TPSA) is 58.6 Å². The van der Waals surface area contributed by atoms with Gasteiger partial charge in [0.05, 0.1) is 41.7 Å². The van der Waals surface area contributed by atoms with Crippen LogP contribution in [0.5, 0.6) is 5.75 Å². The van der Waals surface area contributed by atoms with Crippen LogP contribution in [0, 0.1) is 6.92 Å². The van der Waals surface area contributed by atoms with Crippen molar-refractivity contribution in [3.8, 4) is 5.75 Å². The smallest absolute Gasteiger partial charge is 0.232 e. The molecule has 0 radical (unpaired) electrons. The van der Waals surface area contributed by atoms with Gasteiger partial charge in [0, 0.05) is 31.9 Å². The number of carbonyl (C=O) groups is 1. The fraction of sp³-hybridized carbons (Fsp3) is 0.471. The molecule has 2 aromatic rings. The third-order valence-electron chi connectivity index (χ3n) is 4.27. The Labute approximate surface area is 156 Å². The van der Waals surface area contributed by atoms with Crippen LogP contribution >= 0.6 is 23.5 Å². The van der Waals surface area contributed by atoms with E-state index in [1.165, 1.54) is 11.7 Å². The number of aromatic nitrogens is 2. The minimum atomic E-state index is 0.200. The van der Waals surface area contributed by atoms with Crippen molar-refractivity contribution in [2.75, 3.05) is 43.9 Å². The van der Waals surface area contributed by atoms with E-state index < -0.39 is 0 Å². The van der Waals surface area contributed by atoms with E-state index in [4.69, 9.17) is 4.74 Å². The number of anilines is 1. The molecule has 1 aromatic heterocycles. The average molecular weight is 379 g/mol. The number of carbonyl (C=O) groups excluding carboxylic acids is 1. The molecule has 1 saturated heterocycles. The minimum Gasteiger partial charge on any atom is -0.495 e. The van der Waals surface area contributed by atoms with Crippen LogP contribution in [0.2, 0.25) is 0 Å². The molecule has 2 heterocycles. The minimum absolute atomic E-state index is 0.200. The van der Waals surface area contributed by atoms with Gasteiger partial charge in [-0.3, -0.25) is 4.79 Å². The van der Waals surface area contributed by atoms with Crippen molar-refractivity contribution in [2.24, 2.45) is 0 Å². The molecule has 0 saturated carbocycles. The Hall–Kier alpha value is -1.80. The van der Waals surface area contributed by atoms with Crippen LogP contribution < -0.4 is 9.64 Å². The summed E-state index contributed by atoms with van der Waals surface area (Å²) in [6.45, 7) is 5.10. The number of methoxy groups -OCH3 is 1. The van der Waals surface area contributed by atoms with E-state index in [-0.39, 0.29) is 5.91 Å². The van der Waals surface area contributed by atoms with Gasteiger partial charge in [0.25, 0.3) is 0 Å². The Morgan fingerprint density at radius 1 is 1.24 bits per heavy atom. The number of amides is 1. The zero-order valence-corrected chi connectivity index (χ0v) is 16.1. The van der Waals surface area contributed by atoms with Crippen LogP contribution in [0.25, 0.3) is 0 Å². The molecule has 1 aliphatic rings. The lowest BCUT2D eigenvalue weighted by molar-refractivity contribution is -0.128. The van der Waals surface area contributed by atoms with E-state index in [2.05, 4.69) is 19.7 Å². The Morgan fingerprint density at radius 2 is 2.00 bits per heavy atom. The van der Waals surface area contributed by atoms with E-state index >= 15 is 0 Å². The zero-order chi connectivity index (χ0) is 17.6. The molecule has 25 heavy (non-hydrogen) atoms. The Balaban J connectivity index is 1.47. The fourth-order valence-electron chi connectivity index (χ4n) is 2.79. The summed E-state index contributed by atoms with van der Waals surface area (Å²) in [7, 11) is 1.69. The number of aryl methyl sites for hydroxylation is 1. The Kier molecular flexibility index (Phi) is 6.14. The van der Waals surface area contributed by atoms with Crippen LogP contribution in [-0.4, -0.2) is 58.6 Å². The van der Waals surface area contributed by atoms with Gasteiger partial charge in [-0.15, -0.1) is 11.8 Å². The first-order chi connectivity index (χ1) is 12.2. The lowest BCUT2D eigenvalue weighted by atomic mass is 10.2. The zero-order valence-electron chi connectivity index (χ0n) is 14.5. The number of hydrogen-bond donors (Lipinski definition) is 0. The van der Waals surface area contributed by atoms with Crippen molar-refractivity contribution in [1.82, 2.24) is 13.6 Å². The summed E-state index contributed by atoms with van der Waals surface area (Å²) >= 11 is 2.84. The number of rotatable bonds is 6. The molecule has 1 aliphatic heterocycles. The monoisotopic (exact) mass is 378 g/mol. The number of ether oxygens (including phenoxy) is 1. The molecule has 8 heteroatoms. The summed E-state index contributed by atoms with van der Waals surface area (Å²) in [6.07, 6.45) is 0.